The van der Waals surface area contributed by atoms with Crippen molar-refractivity contribution in [3.05, 3.63) is 28.3 Å². The zero-order valence-corrected chi connectivity index (χ0v) is 8.88. The summed E-state index contributed by atoms with van der Waals surface area (Å²) < 4.78 is 5.46. The normalized spacial score (nSPS) is 15.0. The van der Waals surface area contributed by atoms with E-state index in [0.717, 1.165) is 24.8 Å². The van der Waals surface area contributed by atoms with Crippen LogP contribution in [0.5, 0.6) is 5.75 Å². The second kappa shape index (κ2) is 4.11. The Morgan fingerprint density at radius 2 is 2.20 bits per heavy atom. The molecule has 2 rings (SSSR count). The molecule has 0 unspecified atom stereocenters. The van der Waals surface area contributed by atoms with E-state index in [1.165, 1.54) is 6.07 Å². The molecule has 0 aromatic heterocycles. The van der Waals surface area contributed by atoms with Gasteiger partial charge in [-0.15, -0.1) is 0 Å². The van der Waals surface area contributed by atoms with Crippen LogP contribution in [0.4, 0.5) is 0 Å². The van der Waals surface area contributed by atoms with Crippen molar-refractivity contribution in [2.24, 2.45) is 0 Å². The average molecular weight is 227 g/mol. The lowest BCUT2D eigenvalue weighted by Gasteiger charge is -2.10. The van der Waals surface area contributed by atoms with Gasteiger partial charge >= 0.3 is 5.97 Å². The van der Waals surface area contributed by atoms with Crippen LogP contribution in [0.25, 0.3) is 0 Å². The van der Waals surface area contributed by atoms with E-state index in [1.807, 2.05) is 0 Å². The number of carbonyl (C=O) groups is 1. The highest BCUT2D eigenvalue weighted by molar-refractivity contribution is 6.31. The van der Waals surface area contributed by atoms with Gasteiger partial charge in [0.2, 0.25) is 0 Å². The number of fused-ring (bicyclic) bond motifs is 1. The molecule has 1 heterocycles. The summed E-state index contributed by atoms with van der Waals surface area (Å²) in [6.07, 6.45) is 2.79. The number of carboxylic acids is 1. The fourth-order valence-electron chi connectivity index (χ4n) is 1.76. The molecule has 0 fully saturated rings. The second-order valence-electron chi connectivity index (χ2n) is 3.55. The van der Waals surface area contributed by atoms with E-state index >= 15 is 0 Å². The number of hydrogen-bond donors (Lipinski definition) is 1. The predicted octanol–water partition coefficient (Wildman–Crippen LogP) is 2.75. The summed E-state index contributed by atoms with van der Waals surface area (Å²) in [6.45, 7) is 0.578. The van der Waals surface area contributed by atoms with Crippen LogP contribution in [0.1, 0.15) is 28.8 Å². The van der Waals surface area contributed by atoms with Crippen LogP contribution in [0.3, 0.4) is 0 Å². The number of ether oxygens (including phenoxy) is 1. The number of halogens is 1. The Bertz CT molecular complexity index is 401. The van der Waals surface area contributed by atoms with Crippen molar-refractivity contribution in [3.8, 4) is 5.75 Å². The van der Waals surface area contributed by atoms with Gasteiger partial charge < -0.3 is 9.84 Å². The molecule has 0 amide bonds. The van der Waals surface area contributed by atoms with Crippen LogP contribution in [-0.2, 0) is 6.42 Å². The van der Waals surface area contributed by atoms with Crippen molar-refractivity contribution in [3.63, 3.8) is 0 Å². The van der Waals surface area contributed by atoms with Gasteiger partial charge in [-0.05, 0) is 37.0 Å². The Morgan fingerprint density at radius 1 is 1.40 bits per heavy atom. The third-order valence-corrected chi connectivity index (χ3v) is 2.67. The first-order valence-electron chi connectivity index (χ1n) is 4.87. The summed E-state index contributed by atoms with van der Waals surface area (Å²) in [5.74, 6) is -0.500. The summed E-state index contributed by atoms with van der Waals surface area (Å²) in [5.41, 5.74) is 1.07. The largest absolute Gasteiger partial charge is 0.492 e. The first-order chi connectivity index (χ1) is 7.18. The smallest absolute Gasteiger partial charge is 0.339 e. The van der Waals surface area contributed by atoms with Crippen molar-refractivity contribution < 1.29 is 14.6 Å². The Hall–Kier alpha value is -1.22. The minimum atomic E-state index is -0.990. The van der Waals surface area contributed by atoms with E-state index in [-0.39, 0.29) is 5.56 Å². The zero-order valence-electron chi connectivity index (χ0n) is 8.12. The van der Waals surface area contributed by atoms with Crippen molar-refractivity contribution in [2.75, 3.05) is 6.61 Å². The van der Waals surface area contributed by atoms with Gasteiger partial charge in [-0.3, -0.25) is 0 Å². The molecule has 0 aliphatic carbocycles. The van der Waals surface area contributed by atoms with Gasteiger partial charge in [-0.25, -0.2) is 4.79 Å². The summed E-state index contributed by atoms with van der Waals surface area (Å²) in [4.78, 5) is 11.0. The maximum atomic E-state index is 11.0. The van der Waals surface area contributed by atoms with E-state index in [1.54, 1.807) is 6.07 Å². The lowest BCUT2D eigenvalue weighted by atomic mass is 10.0. The Balaban J connectivity index is 2.54. The molecule has 0 atom stereocenters. The average Bonchev–Trinajstić information content (AvgIpc) is 2.41. The molecule has 1 N–H and O–H groups in total. The van der Waals surface area contributed by atoms with Crippen LogP contribution >= 0.6 is 11.6 Å². The first kappa shape index (κ1) is 10.3. The van der Waals surface area contributed by atoms with Gasteiger partial charge in [0.05, 0.1) is 6.61 Å². The maximum absolute atomic E-state index is 11.0. The number of carboxylic acid groups (broad SMARTS) is 1. The monoisotopic (exact) mass is 226 g/mol. The molecule has 0 bridgehead atoms. The van der Waals surface area contributed by atoms with Gasteiger partial charge in [0, 0.05) is 5.02 Å². The van der Waals surface area contributed by atoms with Crippen molar-refractivity contribution in [2.45, 2.75) is 19.3 Å². The van der Waals surface area contributed by atoms with Gasteiger partial charge in [0.25, 0.3) is 0 Å². The minimum absolute atomic E-state index is 0.166. The second-order valence-corrected chi connectivity index (χ2v) is 3.99. The van der Waals surface area contributed by atoms with E-state index in [4.69, 9.17) is 21.4 Å². The molecule has 4 heteroatoms. The summed E-state index contributed by atoms with van der Waals surface area (Å²) in [5, 5.41) is 9.47. The molecule has 0 spiro atoms. The van der Waals surface area contributed by atoms with Crippen LogP contribution in [0, 0.1) is 0 Å². The molecular formula is C11H11ClO3. The quantitative estimate of drug-likeness (QED) is 0.801. The molecule has 0 saturated heterocycles. The van der Waals surface area contributed by atoms with Gasteiger partial charge in [-0.2, -0.15) is 0 Å². The van der Waals surface area contributed by atoms with E-state index < -0.39 is 5.97 Å². The van der Waals surface area contributed by atoms with Crippen LogP contribution in [0.2, 0.25) is 5.02 Å². The van der Waals surface area contributed by atoms with Crippen LogP contribution in [-0.4, -0.2) is 17.7 Å². The molecule has 3 nitrogen and oxygen atoms in total. The number of aromatic carboxylic acids is 1. The zero-order chi connectivity index (χ0) is 10.8. The van der Waals surface area contributed by atoms with Crippen molar-refractivity contribution in [1.29, 1.82) is 0 Å². The van der Waals surface area contributed by atoms with Gasteiger partial charge in [0.15, 0.2) is 0 Å². The number of aryl methyl sites for hydroxylation is 1. The standard InChI is InChI=1S/C11H11ClO3/c12-8-5-7-3-1-2-4-15-10(7)9(6-8)11(13)14/h5-6H,1-4H2,(H,13,14). The highest BCUT2D eigenvalue weighted by atomic mass is 35.5. The Kier molecular flexibility index (Phi) is 2.82. The van der Waals surface area contributed by atoms with Crippen LogP contribution < -0.4 is 4.74 Å². The van der Waals surface area contributed by atoms with Gasteiger partial charge in [-0.1, -0.05) is 11.6 Å². The molecule has 1 aliphatic heterocycles. The first-order valence-corrected chi connectivity index (χ1v) is 5.25. The fourth-order valence-corrected chi connectivity index (χ4v) is 2.00. The van der Waals surface area contributed by atoms with E-state index in [0.29, 0.717) is 17.4 Å². The molecule has 80 valence electrons. The molecule has 15 heavy (non-hydrogen) atoms. The molecule has 0 radical (unpaired) electrons. The lowest BCUT2D eigenvalue weighted by molar-refractivity contribution is 0.0692. The van der Waals surface area contributed by atoms with Gasteiger partial charge in [0.1, 0.15) is 11.3 Å². The lowest BCUT2D eigenvalue weighted by Crippen LogP contribution is -2.04. The Labute approximate surface area is 92.6 Å². The van der Waals surface area contributed by atoms with Crippen molar-refractivity contribution in [1.82, 2.24) is 0 Å². The molecule has 0 saturated carbocycles. The maximum Gasteiger partial charge on any atom is 0.339 e. The molecular weight excluding hydrogens is 216 g/mol. The predicted molar refractivity (Wildman–Crippen MR) is 56.8 cm³/mol. The fraction of sp³-hybridized carbons (Fsp3) is 0.364. The molecule has 1 aromatic rings. The van der Waals surface area contributed by atoms with E-state index in [9.17, 15) is 4.79 Å². The van der Waals surface area contributed by atoms with Crippen LogP contribution in [0.15, 0.2) is 12.1 Å². The van der Waals surface area contributed by atoms with E-state index in [2.05, 4.69) is 0 Å². The Morgan fingerprint density at radius 3 is 2.93 bits per heavy atom. The highest BCUT2D eigenvalue weighted by Crippen LogP contribution is 2.31. The summed E-state index contributed by atoms with van der Waals surface area (Å²) in [6, 6.07) is 3.22. The number of hydrogen-bond acceptors (Lipinski definition) is 2. The minimum Gasteiger partial charge on any atom is -0.492 e. The molecule has 1 aliphatic rings. The number of benzene rings is 1. The summed E-state index contributed by atoms with van der Waals surface area (Å²) >= 11 is 5.86. The van der Waals surface area contributed by atoms with Crippen molar-refractivity contribution >= 4 is 17.6 Å². The SMILES string of the molecule is O=C(O)c1cc(Cl)cc2c1OCCCC2. The molecule has 1 aromatic carbocycles. The third kappa shape index (κ3) is 2.07. The topological polar surface area (TPSA) is 46.5 Å². The highest BCUT2D eigenvalue weighted by Gasteiger charge is 2.18. The summed E-state index contributed by atoms with van der Waals surface area (Å²) in [7, 11) is 0. The number of rotatable bonds is 1. The third-order valence-electron chi connectivity index (χ3n) is 2.45.